The Balaban J connectivity index is 1.86. The molecular weight excluding hydrogens is 266 g/mol. The first-order chi connectivity index (χ1) is 10.2. The summed E-state index contributed by atoms with van der Waals surface area (Å²) in [5.41, 5.74) is 7.83. The Morgan fingerprint density at radius 1 is 1.38 bits per heavy atom. The van der Waals surface area contributed by atoms with E-state index in [0.717, 1.165) is 35.6 Å². The van der Waals surface area contributed by atoms with Gasteiger partial charge in [0.15, 0.2) is 0 Å². The molecule has 0 amide bonds. The zero-order valence-electron chi connectivity index (χ0n) is 12.5. The summed E-state index contributed by atoms with van der Waals surface area (Å²) in [5.74, 6) is 3.01. The Morgan fingerprint density at radius 3 is 2.95 bits per heavy atom. The molecule has 0 saturated heterocycles. The monoisotopic (exact) mass is 287 g/mol. The van der Waals surface area contributed by atoms with Crippen molar-refractivity contribution in [1.82, 2.24) is 10.1 Å². The molecule has 2 unspecified atom stereocenters. The quantitative estimate of drug-likeness (QED) is 0.936. The van der Waals surface area contributed by atoms with Crippen LogP contribution in [0.25, 0.3) is 11.4 Å². The summed E-state index contributed by atoms with van der Waals surface area (Å²) in [5, 5.41) is 4.13. The van der Waals surface area contributed by atoms with Gasteiger partial charge in [-0.05, 0) is 56.0 Å². The van der Waals surface area contributed by atoms with E-state index in [-0.39, 0.29) is 0 Å². The van der Waals surface area contributed by atoms with Crippen LogP contribution in [0.5, 0.6) is 5.75 Å². The highest BCUT2D eigenvalue weighted by atomic mass is 16.5. The maximum atomic E-state index is 5.83. The standard InChI is InChI=1S/C16H21N3O2/c1-10-8-11(6-7-14(10)20-2)15-18-16(21-19-15)13-5-3-4-12(13)9-17/h6-8,12-13H,3-5,9,17H2,1-2H3. The number of hydrogen-bond donors (Lipinski definition) is 1. The zero-order valence-corrected chi connectivity index (χ0v) is 12.5. The van der Waals surface area contributed by atoms with Gasteiger partial charge in [-0.1, -0.05) is 11.6 Å². The Hall–Kier alpha value is -1.88. The smallest absolute Gasteiger partial charge is 0.230 e. The molecule has 1 aliphatic carbocycles. The number of benzene rings is 1. The Bertz CT molecular complexity index is 624. The van der Waals surface area contributed by atoms with Crippen molar-refractivity contribution in [2.45, 2.75) is 32.1 Å². The van der Waals surface area contributed by atoms with Gasteiger partial charge >= 0.3 is 0 Å². The van der Waals surface area contributed by atoms with E-state index >= 15 is 0 Å². The lowest BCUT2D eigenvalue weighted by Gasteiger charge is -2.12. The van der Waals surface area contributed by atoms with Gasteiger partial charge in [-0.2, -0.15) is 4.98 Å². The number of nitrogens with zero attached hydrogens (tertiary/aromatic N) is 2. The maximum absolute atomic E-state index is 5.83. The molecule has 0 bridgehead atoms. The van der Waals surface area contributed by atoms with Gasteiger partial charge in [0.1, 0.15) is 5.75 Å². The van der Waals surface area contributed by atoms with Crippen LogP contribution in [0.4, 0.5) is 0 Å². The minimum Gasteiger partial charge on any atom is -0.496 e. The summed E-state index contributed by atoms with van der Waals surface area (Å²) >= 11 is 0. The van der Waals surface area contributed by atoms with Crippen molar-refractivity contribution >= 4 is 0 Å². The highest BCUT2D eigenvalue weighted by Crippen LogP contribution is 2.38. The molecule has 0 aliphatic heterocycles. The van der Waals surface area contributed by atoms with Crippen LogP contribution in [0.3, 0.4) is 0 Å². The number of methoxy groups -OCH3 is 1. The van der Waals surface area contributed by atoms with Gasteiger partial charge in [0.05, 0.1) is 7.11 Å². The van der Waals surface area contributed by atoms with E-state index in [1.165, 1.54) is 6.42 Å². The third-order valence-corrected chi connectivity index (χ3v) is 4.37. The SMILES string of the molecule is COc1ccc(-c2noc(C3CCCC3CN)n2)cc1C. The molecular formula is C16H21N3O2. The molecule has 2 atom stereocenters. The van der Waals surface area contributed by atoms with Crippen molar-refractivity contribution in [3.63, 3.8) is 0 Å². The van der Waals surface area contributed by atoms with Gasteiger partial charge in [-0.15, -0.1) is 0 Å². The number of aryl methyl sites for hydroxylation is 1. The zero-order chi connectivity index (χ0) is 14.8. The molecule has 1 aromatic carbocycles. The summed E-state index contributed by atoms with van der Waals surface area (Å²) in [6.45, 7) is 2.69. The average Bonchev–Trinajstić information content (AvgIpc) is 3.15. The molecule has 5 heteroatoms. The van der Waals surface area contributed by atoms with Gasteiger partial charge in [0.2, 0.25) is 11.7 Å². The van der Waals surface area contributed by atoms with E-state index in [4.69, 9.17) is 15.0 Å². The normalized spacial score (nSPS) is 21.7. The van der Waals surface area contributed by atoms with Crippen LogP contribution in [0.2, 0.25) is 0 Å². The molecule has 0 radical (unpaired) electrons. The third-order valence-electron chi connectivity index (χ3n) is 4.37. The fourth-order valence-corrected chi connectivity index (χ4v) is 3.16. The summed E-state index contributed by atoms with van der Waals surface area (Å²) in [6, 6.07) is 5.90. The number of hydrogen-bond acceptors (Lipinski definition) is 5. The predicted octanol–water partition coefficient (Wildman–Crippen LogP) is 2.90. The van der Waals surface area contributed by atoms with E-state index in [0.29, 0.717) is 24.2 Å². The van der Waals surface area contributed by atoms with Crippen molar-refractivity contribution in [3.05, 3.63) is 29.7 Å². The van der Waals surface area contributed by atoms with Gasteiger partial charge in [-0.3, -0.25) is 0 Å². The fraction of sp³-hybridized carbons (Fsp3) is 0.500. The largest absolute Gasteiger partial charge is 0.496 e. The molecule has 21 heavy (non-hydrogen) atoms. The molecule has 2 N–H and O–H groups in total. The van der Waals surface area contributed by atoms with Crippen LogP contribution in [-0.2, 0) is 0 Å². The lowest BCUT2D eigenvalue weighted by Crippen LogP contribution is -2.17. The predicted molar refractivity (Wildman–Crippen MR) is 80.2 cm³/mol. The Kier molecular flexibility index (Phi) is 3.92. The van der Waals surface area contributed by atoms with Crippen molar-refractivity contribution in [2.24, 2.45) is 11.7 Å². The Morgan fingerprint density at radius 2 is 2.24 bits per heavy atom. The molecule has 1 saturated carbocycles. The molecule has 2 aromatic rings. The van der Waals surface area contributed by atoms with E-state index in [1.807, 2.05) is 25.1 Å². The van der Waals surface area contributed by atoms with Crippen LogP contribution >= 0.6 is 0 Å². The van der Waals surface area contributed by atoms with Gasteiger partial charge < -0.3 is 15.0 Å². The van der Waals surface area contributed by atoms with E-state index < -0.39 is 0 Å². The minimum absolute atomic E-state index is 0.315. The number of nitrogens with two attached hydrogens (primary N) is 1. The lowest BCUT2D eigenvalue weighted by atomic mass is 9.96. The van der Waals surface area contributed by atoms with Crippen LogP contribution in [0.15, 0.2) is 22.7 Å². The van der Waals surface area contributed by atoms with Crippen LogP contribution in [-0.4, -0.2) is 23.8 Å². The van der Waals surface area contributed by atoms with E-state index in [2.05, 4.69) is 10.1 Å². The number of aromatic nitrogens is 2. The van der Waals surface area contributed by atoms with Crippen molar-refractivity contribution in [1.29, 1.82) is 0 Å². The molecule has 112 valence electrons. The summed E-state index contributed by atoms with van der Waals surface area (Å²) in [6.07, 6.45) is 3.43. The van der Waals surface area contributed by atoms with Crippen LogP contribution < -0.4 is 10.5 Å². The van der Waals surface area contributed by atoms with Crippen molar-refractivity contribution in [3.8, 4) is 17.1 Å². The summed E-state index contributed by atoms with van der Waals surface area (Å²) < 4.78 is 10.8. The van der Waals surface area contributed by atoms with Crippen molar-refractivity contribution in [2.75, 3.05) is 13.7 Å². The molecule has 1 aromatic heterocycles. The van der Waals surface area contributed by atoms with Crippen LogP contribution in [0.1, 0.15) is 36.6 Å². The topological polar surface area (TPSA) is 74.2 Å². The molecule has 3 rings (SSSR count). The van der Waals surface area contributed by atoms with E-state index in [9.17, 15) is 0 Å². The molecule has 1 aliphatic rings. The second-order valence-electron chi connectivity index (χ2n) is 5.67. The second-order valence-corrected chi connectivity index (χ2v) is 5.67. The summed E-state index contributed by atoms with van der Waals surface area (Å²) in [4.78, 5) is 4.58. The fourth-order valence-electron chi connectivity index (χ4n) is 3.16. The highest BCUT2D eigenvalue weighted by Gasteiger charge is 2.32. The van der Waals surface area contributed by atoms with Gasteiger partial charge in [0.25, 0.3) is 0 Å². The van der Waals surface area contributed by atoms with Crippen LogP contribution in [0, 0.1) is 12.8 Å². The Labute approximate surface area is 124 Å². The summed E-state index contributed by atoms with van der Waals surface area (Å²) in [7, 11) is 1.67. The molecule has 1 heterocycles. The van der Waals surface area contributed by atoms with Crippen molar-refractivity contribution < 1.29 is 9.26 Å². The first kappa shape index (κ1) is 14.1. The van der Waals surface area contributed by atoms with Gasteiger partial charge in [0, 0.05) is 11.5 Å². The highest BCUT2D eigenvalue weighted by molar-refractivity contribution is 5.58. The maximum Gasteiger partial charge on any atom is 0.230 e. The average molecular weight is 287 g/mol. The molecule has 5 nitrogen and oxygen atoms in total. The number of ether oxygens (including phenoxy) is 1. The third kappa shape index (κ3) is 2.65. The number of rotatable bonds is 4. The minimum atomic E-state index is 0.315. The first-order valence-corrected chi connectivity index (χ1v) is 7.41. The van der Waals surface area contributed by atoms with E-state index in [1.54, 1.807) is 7.11 Å². The molecule has 1 fully saturated rings. The first-order valence-electron chi connectivity index (χ1n) is 7.41. The second kappa shape index (κ2) is 5.85. The van der Waals surface area contributed by atoms with Gasteiger partial charge in [-0.25, -0.2) is 0 Å². The lowest BCUT2D eigenvalue weighted by molar-refractivity contribution is 0.326. The molecule has 0 spiro atoms.